The fourth-order valence-corrected chi connectivity index (χ4v) is 2.24. The largest absolute Gasteiger partial charge is 0.506 e. The third-order valence-corrected chi connectivity index (χ3v) is 3.33. The van der Waals surface area contributed by atoms with Crippen molar-refractivity contribution in [2.45, 2.75) is 0 Å². The van der Waals surface area contributed by atoms with Gasteiger partial charge in [-0.15, -0.1) is 0 Å². The van der Waals surface area contributed by atoms with Crippen LogP contribution >= 0.6 is 15.9 Å². The van der Waals surface area contributed by atoms with Crippen molar-refractivity contribution in [2.24, 2.45) is 5.73 Å². The molecule has 2 aromatic rings. The Morgan fingerprint density at radius 2 is 1.95 bits per heavy atom. The number of aromatic hydroxyl groups is 1. The second-order valence-corrected chi connectivity index (χ2v) is 4.79. The number of hydrogen-bond donors (Lipinski definition) is 2. The third-order valence-electron chi connectivity index (χ3n) is 2.66. The van der Waals surface area contributed by atoms with Crippen molar-refractivity contribution < 1.29 is 9.90 Å². The summed E-state index contributed by atoms with van der Waals surface area (Å²) in [7, 11) is 0. The second-order valence-electron chi connectivity index (χ2n) is 3.94. The number of urea groups is 1. The van der Waals surface area contributed by atoms with Gasteiger partial charge in [0.05, 0.1) is 23.0 Å². The van der Waals surface area contributed by atoms with E-state index in [0.29, 0.717) is 15.7 Å². The van der Waals surface area contributed by atoms with Crippen LogP contribution in [-0.4, -0.2) is 11.1 Å². The summed E-state index contributed by atoms with van der Waals surface area (Å²) in [6.45, 7) is 0. The molecule has 0 saturated carbocycles. The SMILES string of the molecule is N#Cc1ccc(N(C(N)=O)c2ccccc2Br)c(O)c1. The fraction of sp³-hybridized carbons (Fsp3) is 0. The number of amides is 2. The normalized spacial score (nSPS) is 9.80. The number of benzene rings is 2. The molecule has 6 heteroatoms. The van der Waals surface area contributed by atoms with Crippen LogP contribution in [0.3, 0.4) is 0 Å². The predicted octanol–water partition coefficient (Wildman–Crippen LogP) is 3.24. The quantitative estimate of drug-likeness (QED) is 0.884. The van der Waals surface area contributed by atoms with Crippen molar-refractivity contribution in [3.63, 3.8) is 0 Å². The van der Waals surface area contributed by atoms with Gasteiger partial charge in [0.1, 0.15) is 5.75 Å². The van der Waals surface area contributed by atoms with Gasteiger partial charge in [0, 0.05) is 4.47 Å². The highest BCUT2D eigenvalue weighted by Crippen LogP contribution is 2.37. The predicted molar refractivity (Wildman–Crippen MR) is 78.7 cm³/mol. The van der Waals surface area contributed by atoms with E-state index in [9.17, 15) is 9.90 Å². The van der Waals surface area contributed by atoms with E-state index in [1.807, 2.05) is 6.07 Å². The van der Waals surface area contributed by atoms with Gasteiger partial charge in [0.2, 0.25) is 0 Å². The van der Waals surface area contributed by atoms with E-state index in [-0.39, 0.29) is 11.4 Å². The van der Waals surface area contributed by atoms with Crippen molar-refractivity contribution in [1.82, 2.24) is 0 Å². The Morgan fingerprint density at radius 1 is 1.25 bits per heavy atom. The van der Waals surface area contributed by atoms with Crippen molar-refractivity contribution in [3.8, 4) is 11.8 Å². The number of hydrogen-bond acceptors (Lipinski definition) is 3. The molecule has 0 saturated heterocycles. The lowest BCUT2D eigenvalue weighted by Crippen LogP contribution is -2.31. The van der Waals surface area contributed by atoms with Crippen LogP contribution in [0, 0.1) is 11.3 Å². The van der Waals surface area contributed by atoms with Crippen molar-refractivity contribution in [2.75, 3.05) is 4.90 Å². The molecule has 0 bridgehead atoms. The maximum Gasteiger partial charge on any atom is 0.324 e. The molecule has 0 atom stereocenters. The Bertz CT molecular complexity index is 710. The summed E-state index contributed by atoms with van der Waals surface area (Å²) >= 11 is 3.33. The van der Waals surface area contributed by atoms with E-state index < -0.39 is 6.03 Å². The van der Waals surface area contributed by atoms with Crippen molar-refractivity contribution in [3.05, 3.63) is 52.5 Å². The summed E-state index contributed by atoms with van der Waals surface area (Å²) in [5.74, 6) is -0.196. The van der Waals surface area contributed by atoms with Crippen LogP contribution in [0.5, 0.6) is 5.75 Å². The molecule has 2 rings (SSSR count). The van der Waals surface area contributed by atoms with Gasteiger partial charge in [-0.1, -0.05) is 12.1 Å². The number of anilines is 2. The number of primary amides is 1. The Hall–Kier alpha value is -2.52. The Kier molecular flexibility index (Phi) is 3.91. The summed E-state index contributed by atoms with van der Waals surface area (Å²) in [5.41, 5.74) is 6.40. The molecular weight excluding hydrogens is 322 g/mol. The first-order valence-corrected chi connectivity index (χ1v) is 6.41. The molecule has 0 radical (unpaired) electrons. The molecule has 0 aromatic heterocycles. The second kappa shape index (κ2) is 5.63. The highest BCUT2D eigenvalue weighted by Gasteiger charge is 2.20. The number of carbonyl (C=O) groups is 1. The smallest absolute Gasteiger partial charge is 0.324 e. The number of rotatable bonds is 2. The van der Waals surface area contributed by atoms with Crippen molar-refractivity contribution >= 4 is 33.3 Å². The zero-order valence-corrected chi connectivity index (χ0v) is 11.8. The molecule has 20 heavy (non-hydrogen) atoms. The minimum absolute atomic E-state index is 0.196. The van der Waals surface area contributed by atoms with Gasteiger partial charge in [0.25, 0.3) is 0 Å². The van der Waals surface area contributed by atoms with Crippen LogP contribution in [0.1, 0.15) is 5.56 Å². The van der Waals surface area contributed by atoms with Crippen LogP contribution in [0.25, 0.3) is 0 Å². The lowest BCUT2D eigenvalue weighted by Gasteiger charge is -2.22. The van der Waals surface area contributed by atoms with Gasteiger partial charge in [-0.05, 0) is 46.3 Å². The molecule has 0 aliphatic rings. The molecule has 0 spiro atoms. The number of halogens is 1. The van der Waals surface area contributed by atoms with Gasteiger partial charge < -0.3 is 10.8 Å². The minimum Gasteiger partial charge on any atom is -0.506 e. The number of phenols is 1. The molecular formula is C14H10BrN3O2. The lowest BCUT2D eigenvalue weighted by atomic mass is 10.1. The number of nitrogens with two attached hydrogens (primary N) is 1. The van der Waals surface area contributed by atoms with Crippen LogP contribution in [0.2, 0.25) is 0 Å². The monoisotopic (exact) mass is 331 g/mol. The Balaban J connectivity index is 2.59. The van der Waals surface area contributed by atoms with E-state index in [1.165, 1.54) is 23.1 Å². The number of nitriles is 1. The summed E-state index contributed by atoms with van der Waals surface area (Å²) in [5, 5.41) is 18.8. The van der Waals surface area contributed by atoms with Crippen LogP contribution in [0.4, 0.5) is 16.2 Å². The minimum atomic E-state index is -0.739. The van der Waals surface area contributed by atoms with E-state index in [1.54, 1.807) is 24.3 Å². The zero-order chi connectivity index (χ0) is 14.7. The van der Waals surface area contributed by atoms with Crippen LogP contribution in [-0.2, 0) is 0 Å². The topological polar surface area (TPSA) is 90.4 Å². The molecule has 0 aliphatic heterocycles. The third kappa shape index (κ3) is 2.58. The molecule has 100 valence electrons. The average molecular weight is 332 g/mol. The van der Waals surface area contributed by atoms with Gasteiger partial charge in [-0.25, -0.2) is 4.79 Å². The summed E-state index contributed by atoms with van der Waals surface area (Å²) in [6, 6.07) is 12.4. The maximum atomic E-state index is 11.7. The zero-order valence-electron chi connectivity index (χ0n) is 10.2. The number of para-hydroxylation sites is 1. The van der Waals surface area contributed by atoms with Gasteiger partial charge >= 0.3 is 6.03 Å². The molecule has 0 aliphatic carbocycles. The van der Waals surface area contributed by atoms with Gasteiger partial charge in [0.15, 0.2) is 0 Å². The van der Waals surface area contributed by atoms with Crippen molar-refractivity contribution in [1.29, 1.82) is 5.26 Å². The Labute approximate surface area is 124 Å². The van der Waals surface area contributed by atoms with Gasteiger partial charge in [-0.3, -0.25) is 4.90 Å². The molecule has 5 nitrogen and oxygen atoms in total. The first-order valence-electron chi connectivity index (χ1n) is 5.62. The standard InChI is InChI=1S/C14H10BrN3O2/c15-10-3-1-2-4-11(10)18(14(17)20)12-6-5-9(8-16)7-13(12)19/h1-7,19H,(H2,17,20). The molecule has 0 unspecified atom stereocenters. The highest BCUT2D eigenvalue weighted by atomic mass is 79.9. The van der Waals surface area contributed by atoms with E-state index in [2.05, 4.69) is 15.9 Å². The summed E-state index contributed by atoms with van der Waals surface area (Å²) in [6.07, 6.45) is 0. The fourth-order valence-electron chi connectivity index (χ4n) is 1.78. The molecule has 0 heterocycles. The number of carbonyl (C=O) groups excluding carboxylic acids is 1. The van der Waals surface area contributed by atoms with Gasteiger partial charge in [-0.2, -0.15) is 5.26 Å². The summed E-state index contributed by atoms with van der Waals surface area (Å²) in [4.78, 5) is 12.9. The maximum absolute atomic E-state index is 11.7. The molecule has 2 aromatic carbocycles. The molecule has 3 N–H and O–H groups in total. The van der Waals surface area contributed by atoms with E-state index in [4.69, 9.17) is 11.0 Å². The number of nitrogens with zero attached hydrogens (tertiary/aromatic N) is 2. The lowest BCUT2D eigenvalue weighted by molar-refractivity contribution is 0.256. The highest BCUT2D eigenvalue weighted by molar-refractivity contribution is 9.10. The van der Waals surface area contributed by atoms with E-state index >= 15 is 0 Å². The van der Waals surface area contributed by atoms with E-state index in [0.717, 1.165) is 0 Å². The summed E-state index contributed by atoms with van der Waals surface area (Å²) < 4.78 is 0.655. The molecule has 0 fully saturated rings. The number of phenolic OH excluding ortho intramolecular Hbond substituents is 1. The average Bonchev–Trinajstić information content (AvgIpc) is 2.42. The Morgan fingerprint density at radius 3 is 2.50 bits per heavy atom. The first kappa shape index (κ1) is 13.9. The first-order chi connectivity index (χ1) is 9.54. The van der Waals surface area contributed by atoms with Crippen LogP contribution in [0.15, 0.2) is 46.9 Å². The molecule has 2 amide bonds. The van der Waals surface area contributed by atoms with Crippen LogP contribution < -0.4 is 10.6 Å².